The molecule has 1 fully saturated rings. The summed E-state index contributed by atoms with van der Waals surface area (Å²) in [4.78, 5) is 13.1. The molecule has 0 saturated carbocycles. The molecule has 0 aromatic rings. The van der Waals surface area contributed by atoms with E-state index < -0.39 is 5.97 Å². The molecule has 0 aromatic heterocycles. The van der Waals surface area contributed by atoms with Crippen LogP contribution < -0.4 is 5.32 Å². The third-order valence-electron chi connectivity index (χ3n) is 3.42. The second kappa shape index (κ2) is 5.83. The quantitative estimate of drug-likeness (QED) is 0.785. The van der Waals surface area contributed by atoms with Gasteiger partial charge in [0.15, 0.2) is 0 Å². The maximum atomic E-state index is 10.7. The Bertz CT molecular complexity index is 264. The highest BCUT2D eigenvalue weighted by Crippen LogP contribution is 2.23. The molecule has 1 rings (SSSR count). The van der Waals surface area contributed by atoms with Crippen molar-refractivity contribution in [1.82, 2.24) is 10.2 Å². The topological polar surface area (TPSA) is 52.6 Å². The highest BCUT2D eigenvalue weighted by atomic mass is 16.4. The molecular formula is C13H26N2O2. The summed E-state index contributed by atoms with van der Waals surface area (Å²) in [5.41, 5.74) is 0.252. The Morgan fingerprint density at radius 1 is 1.53 bits per heavy atom. The summed E-state index contributed by atoms with van der Waals surface area (Å²) in [7, 11) is 0. The van der Waals surface area contributed by atoms with Crippen molar-refractivity contribution in [2.75, 3.05) is 19.6 Å². The number of nitrogens with one attached hydrogen (secondary N) is 1. The van der Waals surface area contributed by atoms with E-state index >= 15 is 0 Å². The molecule has 0 amide bonds. The first kappa shape index (κ1) is 14.5. The van der Waals surface area contributed by atoms with Crippen LogP contribution >= 0.6 is 0 Å². The Morgan fingerprint density at radius 2 is 2.18 bits per heavy atom. The van der Waals surface area contributed by atoms with E-state index in [0.29, 0.717) is 12.1 Å². The Labute approximate surface area is 104 Å². The van der Waals surface area contributed by atoms with Gasteiger partial charge in [0, 0.05) is 38.1 Å². The molecule has 1 heterocycles. The molecule has 1 aliphatic rings. The summed E-state index contributed by atoms with van der Waals surface area (Å²) >= 11 is 0. The number of hydrogen-bond donors (Lipinski definition) is 2. The van der Waals surface area contributed by atoms with Crippen LogP contribution in [0.4, 0.5) is 0 Å². The minimum Gasteiger partial charge on any atom is -0.481 e. The SMILES string of the molecule is CC(C)N1CC(C)(C)CNCC1CCC(=O)O. The van der Waals surface area contributed by atoms with Crippen molar-refractivity contribution in [3.63, 3.8) is 0 Å². The van der Waals surface area contributed by atoms with Gasteiger partial charge in [0.2, 0.25) is 0 Å². The van der Waals surface area contributed by atoms with Crippen LogP contribution in [-0.4, -0.2) is 47.7 Å². The van der Waals surface area contributed by atoms with E-state index in [0.717, 1.165) is 26.1 Å². The molecular weight excluding hydrogens is 216 g/mol. The van der Waals surface area contributed by atoms with E-state index in [1.54, 1.807) is 0 Å². The molecule has 0 aliphatic carbocycles. The maximum absolute atomic E-state index is 10.7. The number of nitrogens with zero attached hydrogens (tertiary/aromatic N) is 1. The number of aliphatic carboxylic acids is 1. The highest BCUT2D eigenvalue weighted by Gasteiger charge is 2.31. The summed E-state index contributed by atoms with van der Waals surface area (Å²) in [6, 6.07) is 0.806. The van der Waals surface area contributed by atoms with Crippen LogP contribution in [0.1, 0.15) is 40.5 Å². The smallest absolute Gasteiger partial charge is 0.303 e. The molecule has 1 aliphatic heterocycles. The minimum atomic E-state index is -0.697. The Balaban J connectivity index is 2.68. The van der Waals surface area contributed by atoms with Crippen LogP contribution in [-0.2, 0) is 4.79 Å². The fraction of sp³-hybridized carbons (Fsp3) is 0.923. The zero-order valence-corrected chi connectivity index (χ0v) is 11.5. The molecule has 4 nitrogen and oxygen atoms in total. The molecule has 1 unspecified atom stereocenters. The largest absolute Gasteiger partial charge is 0.481 e. The second-order valence-electron chi connectivity index (χ2n) is 6.15. The van der Waals surface area contributed by atoms with E-state index in [4.69, 9.17) is 5.11 Å². The molecule has 4 heteroatoms. The molecule has 0 radical (unpaired) electrons. The molecule has 17 heavy (non-hydrogen) atoms. The van der Waals surface area contributed by atoms with Crippen molar-refractivity contribution >= 4 is 5.97 Å². The summed E-state index contributed by atoms with van der Waals surface area (Å²) in [5, 5.41) is 12.3. The molecule has 0 aromatic carbocycles. The molecule has 0 bridgehead atoms. The lowest BCUT2D eigenvalue weighted by Gasteiger charge is -2.36. The first-order chi connectivity index (χ1) is 7.82. The number of carboxylic acids is 1. The fourth-order valence-electron chi connectivity index (χ4n) is 2.54. The highest BCUT2D eigenvalue weighted by molar-refractivity contribution is 5.66. The van der Waals surface area contributed by atoms with Crippen molar-refractivity contribution in [1.29, 1.82) is 0 Å². The molecule has 1 atom stereocenters. The van der Waals surface area contributed by atoms with E-state index in [9.17, 15) is 4.79 Å². The van der Waals surface area contributed by atoms with Gasteiger partial charge in [0.05, 0.1) is 0 Å². The van der Waals surface area contributed by atoms with Crippen molar-refractivity contribution < 1.29 is 9.90 Å². The van der Waals surface area contributed by atoms with Gasteiger partial charge in [0.1, 0.15) is 0 Å². The number of carboxylic acid groups (broad SMARTS) is 1. The summed E-state index contributed by atoms with van der Waals surface area (Å²) in [5.74, 6) is -0.697. The second-order valence-corrected chi connectivity index (χ2v) is 6.15. The van der Waals surface area contributed by atoms with Gasteiger partial charge in [-0.25, -0.2) is 0 Å². The minimum absolute atomic E-state index is 0.252. The third kappa shape index (κ3) is 4.64. The van der Waals surface area contributed by atoms with Gasteiger partial charge in [-0.05, 0) is 25.7 Å². The summed E-state index contributed by atoms with van der Waals surface area (Å²) in [6.45, 7) is 11.8. The van der Waals surface area contributed by atoms with Gasteiger partial charge < -0.3 is 10.4 Å². The van der Waals surface area contributed by atoms with Gasteiger partial charge in [0.25, 0.3) is 0 Å². The lowest BCUT2D eigenvalue weighted by atomic mass is 9.92. The number of rotatable bonds is 4. The van der Waals surface area contributed by atoms with Gasteiger partial charge >= 0.3 is 5.97 Å². The van der Waals surface area contributed by atoms with E-state index in [1.165, 1.54) is 0 Å². The van der Waals surface area contributed by atoms with Crippen LogP contribution in [0.3, 0.4) is 0 Å². The Kier molecular flexibility index (Phi) is 4.95. The normalized spacial score (nSPS) is 25.8. The Morgan fingerprint density at radius 3 is 2.71 bits per heavy atom. The summed E-state index contributed by atoms with van der Waals surface area (Å²) < 4.78 is 0. The molecule has 2 N–H and O–H groups in total. The van der Waals surface area contributed by atoms with Crippen LogP contribution in [0.5, 0.6) is 0 Å². The van der Waals surface area contributed by atoms with Gasteiger partial charge in [-0.1, -0.05) is 13.8 Å². The Hall–Kier alpha value is -0.610. The van der Waals surface area contributed by atoms with Crippen LogP contribution in [0.2, 0.25) is 0 Å². The van der Waals surface area contributed by atoms with Gasteiger partial charge in [-0.3, -0.25) is 9.69 Å². The van der Waals surface area contributed by atoms with Crippen molar-refractivity contribution in [3.8, 4) is 0 Å². The summed E-state index contributed by atoms with van der Waals surface area (Å²) in [6.07, 6.45) is 0.993. The lowest BCUT2D eigenvalue weighted by Crippen LogP contribution is -2.45. The van der Waals surface area contributed by atoms with Crippen molar-refractivity contribution in [2.45, 2.75) is 52.6 Å². The van der Waals surface area contributed by atoms with E-state index in [2.05, 4.69) is 37.9 Å². The predicted molar refractivity (Wildman–Crippen MR) is 69.2 cm³/mol. The van der Waals surface area contributed by atoms with Crippen LogP contribution in [0, 0.1) is 5.41 Å². The monoisotopic (exact) mass is 242 g/mol. The molecule has 1 saturated heterocycles. The third-order valence-corrected chi connectivity index (χ3v) is 3.42. The standard InChI is InChI=1S/C13H26N2O2/c1-10(2)15-9-13(3,4)8-14-7-11(15)5-6-12(16)17/h10-11,14H,5-9H2,1-4H3,(H,16,17). The predicted octanol–water partition coefficient (Wildman–Crippen LogP) is 1.56. The first-order valence-electron chi connectivity index (χ1n) is 6.50. The van der Waals surface area contributed by atoms with E-state index in [1.807, 2.05) is 0 Å². The zero-order valence-electron chi connectivity index (χ0n) is 11.5. The number of carbonyl (C=O) groups is 1. The average Bonchev–Trinajstić information content (AvgIpc) is 2.33. The van der Waals surface area contributed by atoms with Crippen LogP contribution in [0.25, 0.3) is 0 Å². The maximum Gasteiger partial charge on any atom is 0.303 e. The number of hydrogen-bond acceptors (Lipinski definition) is 3. The van der Waals surface area contributed by atoms with Gasteiger partial charge in [-0.2, -0.15) is 0 Å². The van der Waals surface area contributed by atoms with Crippen molar-refractivity contribution in [3.05, 3.63) is 0 Å². The van der Waals surface area contributed by atoms with Crippen LogP contribution in [0.15, 0.2) is 0 Å². The zero-order chi connectivity index (χ0) is 13.1. The van der Waals surface area contributed by atoms with Crippen molar-refractivity contribution in [2.24, 2.45) is 5.41 Å². The fourth-order valence-corrected chi connectivity index (χ4v) is 2.54. The molecule has 0 spiro atoms. The van der Waals surface area contributed by atoms with Gasteiger partial charge in [-0.15, -0.1) is 0 Å². The molecule has 100 valence electrons. The lowest BCUT2D eigenvalue weighted by molar-refractivity contribution is -0.137. The first-order valence-corrected chi connectivity index (χ1v) is 6.50. The average molecular weight is 242 g/mol. The van der Waals surface area contributed by atoms with E-state index in [-0.39, 0.29) is 11.8 Å².